The molecule has 148 valence electrons. The fourth-order valence-electron chi connectivity index (χ4n) is 4.36. The average Bonchev–Trinajstić information content (AvgIpc) is 3.02. The van der Waals surface area contributed by atoms with Crippen molar-refractivity contribution < 1.29 is 9.59 Å². The Balaban J connectivity index is 1.61. The number of hydrogen-bond acceptors (Lipinski definition) is 3. The molecule has 1 saturated heterocycles. The van der Waals surface area contributed by atoms with Crippen LogP contribution in [-0.2, 0) is 11.3 Å². The molecule has 2 heterocycles. The molecule has 1 aliphatic carbocycles. The molecule has 3 rings (SSSR count). The second-order valence-corrected chi connectivity index (χ2v) is 8.61. The molecule has 1 aliphatic heterocycles. The van der Waals surface area contributed by atoms with E-state index in [9.17, 15) is 9.59 Å². The third-order valence-electron chi connectivity index (χ3n) is 5.76. The number of rotatable bonds is 8. The van der Waals surface area contributed by atoms with E-state index in [4.69, 9.17) is 0 Å². The summed E-state index contributed by atoms with van der Waals surface area (Å²) in [5, 5.41) is 6.15. The van der Waals surface area contributed by atoms with Crippen LogP contribution in [0.4, 0.5) is 4.79 Å². The number of pyridine rings is 1. The summed E-state index contributed by atoms with van der Waals surface area (Å²) < 4.78 is 0. The standard InChI is InChI=1S/C21H32N4O2/c1-16(2)12-21(9-5-10-21)15-23-20(27)25(13-17-6-3-4-11-22-17)14-18-7-8-19(26)24-18/h3-4,6,11,16,18H,5,7-10,12-15H2,1-2H3,(H,23,27)(H,24,26)/t18-/m0/s1. The van der Waals surface area contributed by atoms with Crippen molar-refractivity contribution in [3.8, 4) is 0 Å². The van der Waals surface area contributed by atoms with Gasteiger partial charge in [0.25, 0.3) is 0 Å². The van der Waals surface area contributed by atoms with Crippen molar-refractivity contribution in [2.45, 2.75) is 65.0 Å². The van der Waals surface area contributed by atoms with Crippen LogP contribution in [0.1, 0.15) is 58.1 Å². The van der Waals surface area contributed by atoms with Gasteiger partial charge in [0.05, 0.1) is 12.2 Å². The number of carbonyl (C=O) groups excluding carboxylic acids is 2. The van der Waals surface area contributed by atoms with Gasteiger partial charge in [-0.2, -0.15) is 0 Å². The van der Waals surface area contributed by atoms with Gasteiger partial charge in [-0.1, -0.05) is 26.3 Å². The number of nitrogens with zero attached hydrogens (tertiary/aromatic N) is 2. The third-order valence-corrected chi connectivity index (χ3v) is 5.76. The maximum absolute atomic E-state index is 13.0. The first-order valence-corrected chi connectivity index (χ1v) is 10.2. The van der Waals surface area contributed by atoms with E-state index in [1.807, 2.05) is 18.2 Å². The predicted molar refractivity (Wildman–Crippen MR) is 105 cm³/mol. The van der Waals surface area contributed by atoms with E-state index in [1.165, 1.54) is 19.3 Å². The van der Waals surface area contributed by atoms with Gasteiger partial charge in [-0.25, -0.2) is 4.79 Å². The van der Waals surface area contributed by atoms with Gasteiger partial charge < -0.3 is 15.5 Å². The first-order valence-electron chi connectivity index (χ1n) is 10.2. The van der Waals surface area contributed by atoms with E-state index >= 15 is 0 Å². The minimum atomic E-state index is -0.0585. The maximum Gasteiger partial charge on any atom is 0.317 e. The van der Waals surface area contributed by atoms with Crippen LogP contribution in [-0.4, -0.2) is 41.0 Å². The second-order valence-electron chi connectivity index (χ2n) is 8.61. The molecular formula is C21H32N4O2. The zero-order valence-electron chi connectivity index (χ0n) is 16.5. The lowest BCUT2D eigenvalue weighted by molar-refractivity contribution is -0.119. The summed E-state index contributed by atoms with van der Waals surface area (Å²) in [7, 11) is 0. The maximum atomic E-state index is 13.0. The lowest BCUT2D eigenvalue weighted by atomic mass is 9.64. The van der Waals surface area contributed by atoms with Crippen molar-refractivity contribution in [2.24, 2.45) is 11.3 Å². The Labute approximate surface area is 162 Å². The fourth-order valence-corrected chi connectivity index (χ4v) is 4.36. The van der Waals surface area contributed by atoms with Crippen molar-refractivity contribution in [1.29, 1.82) is 0 Å². The van der Waals surface area contributed by atoms with Crippen LogP contribution in [0, 0.1) is 11.3 Å². The van der Waals surface area contributed by atoms with Gasteiger partial charge in [-0.05, 0) is 49.1 Å². The summed E-state index contributed by atoms with van der Waals surface area (Å²) >= 11 is 0. The largest absolute Gasteiger partial charge is 0.352 e. The Kier molecular flexibility index (Phi) is 6.34. The number of amides is 3. The normalized spacial score (nSPS) is 20.9. The molecule has 0 aromatic carbocycles. The molecular weight excluding hydrogens is 340 g/mol. The van der Waals surface area contributed by atoms with Crippen LogP contribution in [0.25, 0.3) is 0 Å². The Morgan fingerprint density at radius 3 is 2.78 bits per heavy atom. The highest BCUT2D eigenvalue weighted by Gasteiger charge is 2.38. The number of carbonyl (C=O) groups is 2. The van der Waals surface area contributed by atoms with E-state index < -0.39 is 0 Å². The first-order chi connectivity index (χ1) is 13.0. The summed E-state index contributed by atoms with van der Waals surface area (Å²) in [6.45, 7) is 6.21. The van der Waals surface area contributed by atoms with Crippen molar-refractivity contribution in [3.05, 3.63) is 30.1 Å². The van der Waals surface area contributed by atoms with Gasteiger partial charge in [0, 0.05) is 31.7 Å². The number of urea groups is 1. The minimum Gasteiger partial charge on any atom is -0.352 e. The predicted octanol–water partition coefficient (Wildman–Crippen LogP) is 3.09. The quantitative estimate of drug-likeness (QED) is 0.736. The molecule has 2 aliphatic rings. The number of aromatic nitrogens is 1. The molecule has 1 aromatic heterocycles. The summed E-state index contributed by atoms with van der Waals surface area (Å²) in [5.74, 6) is 0.712. The second kappa shape index (κ2) is 8.72. The van der Waals surface area contributed by atoms with Gasteiger partial charge in [0.1, 0.15) is 0 Å². The molecule has 2 fully saturated rings. The first kappa shape index (κ1) is 19.6. The Hall–Kier alpha value is -2.11. The van der Waals surface area contributed by atoms with Crippen LogP contribution in [0.3, 0.4) is 0 Å². The van der Waals surface area contributed by atoms with E-state index in [0.29, 0.717) is 25.4 Å². The molecule has 2 N–H and O–H groups in total. The van der Waals surface area contributed by atoms with Crippen LogP contribution < -0.4 is 10.6 Å². The van der Waals surface area contributed by atoms with Gasteiger partial charge in [0.2, 0.25) is 5.91 Å². The highest BCUT2D eigenvalue weighted by atomic mass is 16.2. The lowest BCUT2D eigenvalue weighted by Gasteiger charge is -2.43. The van der Waals surface area contributed by atoms with Crippen LogP contribution >= 0.6 is 0 Å². The molecule has 3 amide bonds. The minimum absolute atomic E-state index is 0.0280. The van der Waals surface area contributed by atoms with Crippen LogP contribution in [0.15, 0.2) is 24.4 Å². The van der Waals surface area contributed by atoms with Gasteiger partial charge in [-0.3, -0.25) is 9.78 Å². The molecule has 0 radical (unpaired) electrons. The topological polar surface area (TPSA) is 74.3 Å². The molecule has 1 saturated carbocycles. The van der Waals surface area contributed by atoms with E-state index in [2.05, 4.69) is 29.5 Å². The van der Waals surface area contributed by atoms with Crippen molar-refractivity contribution in [3.63, 3.8) is 0 Å². The molecule has 1 aromatic rings. The highest BCUT2D eigenvalue weighted by molar-refractivity contribution is 5.79. The molecule has 6 heteroatoms. The van der Waals surface area contributed by atoms with Crippen LogP contribution in [0.2, 0.25) is 0 Å². The SMILES string of the molecule is CC(C)CC1(CNC(=O)N(Cc2ccccn2)C[C@@H]2CCC(=O)N2)CCC1. The third kappa shape index (κ3) is 5.44. The molecule has 27 heavy (non-hydrogen) atoms. The summed E-state index contributed by atoms with van der Waals surface area (Å²) in [5.41, 5.74) is 1.12. The van der Waals surface area contributed by atoms with Gasteiger partial charge in [-0.15, -0.1) is 0 Å². The van der Waals surface area contributed by atoms with Gasteiger partial charge in [0.15, 0.2) is 0 Å². The Bertz CT molecular complexity index is 643. The molecule has 0 bridgehead atoms. The summed E-state index contributed by atoms with van der Waals surface area (Å²) in [6, 6.07) is 5.70. The number of nitrogens with one attached hydrogen (secondary N) is 2. The van der Waals surface area contributed by atoms with E-state index in [1.54, 1.807) is 11.1 Å². The Morgan fingerprint density at radius 1 is 1.41 bits per heavy atom. The summed E-state index contributed by atoms with van der Waals surface area (Å²) in [4.78, 5) is 30.6. The zero-order valence-corrected chi connectivity index (χ0v) is 16.5. The molecule has 1 atom stereocenters. The number of hydrogen-bond donors (Lipinski definition) is 2. The van der Waals surface area contributed by atoms with E-state index in [0.717, 1.165) is 25.1 Å². The monoisotopic (exact) mass is 372 g/mol. The molecule has 0 unspecified atom stereocenters. The Morgan fingerprint density at radius 2 is 2.22 bits per heavy atom. The average molecular weight is 373 g/mol. The highest BCUT2D eigenvalue weighted by Crippen LogP contribution is 2.45. The van der Waals surface area contributed by atoms with E-state index in [-0.39, 0.29) is 23.4 Å². The van der Waals surface area contributed by atoms with Crippen molar-refractivity contribution >= 4 is 11.9 Å². The van der Waals surface area contributed by atoms with Crippen molar-refractivity contribution in [1.82, 2.24) is 20.5 Å². The van der Waals surface area contributed by atoms with Crippen LogP contribution in [0.5, 0.6) is 0 Å². The van der Waals surface area contributed by atoms with Crippen molar-refractivity contribution in [2.75, 3.05) is 13.1 Å². The fraction of sp³-hybridized carbons (Fsp3) is 0.667. The van der Waals surface area contributed by atoms with Gasteiger partial charge >= 0.3 is 6.03 Å². The smallest absolute Gasteiger partial charge is 0.317 e. The lowest BCUT2D eigenvalue weighted by Crippen LogP contribution is -2.50. The summed E-state index contributed by atoms with van der Waals surface area (Å²) in [6.07, 6.45) is 7.88. The molecule has 6 nitrogen and oxygen atoms in total. The molecule has 0 spiro atoms. The zero-order chi connectivity index (χ0) is 19.3.